The lowest BCUT2D eigenvalue weighted by Crippen LogP contribution is -2.39. The van der Waals surface area contributed by atoms with Gasteiger partial charge in [0.05, 0.1) is 4.47 Å². The maximum Gasteiger partial charge on any atom is 0.323 e. The molecule has 1 aromatic carbocycles. The molecule has 0 radical (unpaired) electrons. The van der Waals surface area contributed by atoms with Crippen LogP contribution in [0.2, 0.25) is 0 Å². The lowest BCUT2D eigenvalue weighted by Gasteiger charge is -2.28. The Morgan fingerprint density at radius 2 is 1.93 bits per heavy atom. The molecule has 0 aliphatic carbocycles. The van der Waals surface area contributed by atoms with E-state index in [1.54, 1.807) is 35.6 Å². The highest BCUT2D eigenvalue weighted by atomic mass is 79.9. The second-order valence-corrected chi connectivity index (χ2v) is 7.60. The largest absolute Gasteiger partial charge is 0.424 e. The van der Waals surface area contributed by atoms with Gasteiger partial charge in [0.25, 0.3) is 0 Å². The van der Waals surface area contributed by atoms with Gasteiger partial charge in [0, 0.05) is 31.7 Å². The van der Waals surface area contributed by atoms with Gasteiger partial charge in [-0.25, -0.2) is 14.8 Å². The zero-order valence-corrected chi connectivity index (χ0v) is 17.6. The van der Waals surface area contributed by atoms with E-state index in [4.69, 9.17) is 4.74 Å². The molecule has 1 aliphatic heterocycles. The lowest BCUT2D eigenvalue weighted by molar-refractivity contribution is 0.207. The minimum absolute atomic E-state index is 0.153. The van der Waals surface area contributed by atoms with Crippen molar-refractivity contribution >= 4 is 33.9 Å². The summed E-state index contributed by atoms with van der Waals surface area (Å²) in [5.74, 6) is 1.13. The van der Waals surface area contributed by atoms with Crippen LogP contribution in [-0.2, 0) is 0 Å². The lowest BCUT2D eigenvalue weighted by atomic mass is 10.0. The minimum Gasteiger partial charge on any atom is -0.424 e. The second-order valence-electron chi connectivity index (χ2n) is 6.69. The first-order valence-corrected chi connectivity index (χ1v) is 10.2. The molecular formula is C21H19BrN6O2. The van der Waals surface area contributed by atoms with Gasteiger partial charge in [-0.2, -0.15) is 5.10 Å². The van der Waals surface area contributed by atoms with Crippen molar-refractivity contribution in [1.29, 1.82) is 0 Å². The Labute approximate surface area is 182 Å². The number of carbonyl (C=O) groups is 1. The second kappa shape index (κ2) is 9.45. The fraction of sp³-hybridized carbons (Fsp3) is 0.190. The maximum atomic E-state index is 12.4. The van der Waals surface area contributed by atoms with Gasteiger partial charge in [-0.05, 0) is 58.6 Å². The number of urea groups is 1. The number of hydrogen-bond donors (Lipinski definition) is 1. The van der Waals surface area contributed by atoms with Crippen molar-refractivity contribution < 1.29 is 9.53 Å². The number of anilines is 1. The Morgan fingerprint density at radius 1 is 1.13 bits per heavy atom. The SMILES string of the molecule is O=C(Nc1cccnn1)N1CCC(=Cc2cccc(Oc3ncc(Br)cn3)c2)CC1. The molecule has 1 fully saturated rings. The highest BCUT2D eigenvalue weighted by Gasteiger charge is 2.19. The number of piperidine rings is 1. The van der Waals surface area contributed by atoms with Crippen LogP contribution in [0.4, 0.5) is 10.6 Å². The number of hydrogen-bond acceptors (Lipinski definition) is 6. The number of nitrogens with one attached hydrogen (secondary N) is 1. The molecule has 3 heterocycles. The zero-order chi connectivity index (χ0) is 20.8. The molecule has 0 saturated carbocycles. The Kier molecular flexibility index (Phi) is 6.29. The van der Waals surface area contributed by atoms with Gasteiger partial charge in [-0.1, -0.05) is 23.8 Å². The van der Waals surface area contributed by atoms with Gasteiger partial charge in [0.2, 0.25) is 0 Å². The summed E-state index contributed by atoms with van der Waals surface area (Å²) in [7, 11) is 0. The van der Waals surface area contributed by atoms with E-state index in [2.05, 4.69) is 47.5 Å². The molecule has 8 nitrogen and oxygen atoms in total. The van der Waals surface area contributed by atoms with Crippen LogP contribution in [0.1, 0.15) is 18.4 Å². The summed E-state index contributed by atoms with van der Waals surface area (Å²) in [5, 5.41) is 10.4. The van der Waals surface area contributed by atoms with Crippen LogP contribution >= 0.6 is 15.9 Å². The van der Waals surface area contributed by atoms with Crippen LogP contribution in [0.3, 0.4) is 0 Å². The number of halogens is 1. The van der Waals surface area contributed by atoms with E-state index in [0.29, 0.717) is 30.7 Å². The molecule has 1 N–H and O–H groups in total. The predicted octanol–water partition coefficient (Wildman–Crippen LogP) is 4.53. The molecule has 2 amide bonds. The van der Waals surface area contributed by atoms with Crippen molar-refractivity contribution in [1.82, 2.24) is 25.1 Å². The molecule has 0 spiro atoms. The number of aromatic nitrogens is 4. The van der Waals surface area contributed by atoms with Crippen LogP contribution in [0, 0.1) is 0 Å². The van der Waals surface area contributed by atoms with Gasteiger partial charge >= 0.3 is 12.0 Å². The van der Waals surface area contributed by atoms with Crippen LogP contribution in [0.25, 0.3) is 6.08 Å². The van der Waals surface area contributed by atoms with Gasteiger partial charge < -0.3 is 9.64 Å². The van der Waals surface area contributed by atoms with E-state index in [1.807, 2.05) is 24.3 Å². The average molecular weight is 467 g/mol. The molecule has 3 aromatic rings. The van der Waals surface area contributed by atoms with Gasteiger partial charge in [-0.15, -0.1) is 5.10 Å². The van der Waals surface area contributed by atoms with Crippen LogP contribution in [0.5, 0.6) is 11.8 Å². The molecule has 30 heavy (non-hydrogen) atoms. The molecule has 0 bridgehead atoms. The number of ether oxygens (including phenoxy) is 1. The number of rotatable bonds is 4. The quantitative estimate of drug-likeness (QED) is 0.606. The molecule has 1 aliphatic rings. The van der Waals surface area contributed by atoms with E-state index in [1.165, 1.54) is 5.57 Å². The van der Waals surface area contributed by atoms with Gasteiger partial charge in [-0.3, -0.25) is 5.32 Å². The third-order valence-electron chi connectivity index (χ3n) is 4.53. The van der Waals surface area contributed by atoms with E-state index >= 15 is 0 Å². The molecule has 2 aromatic heterocycles. The van der Waals surface area contributed by atoms with Gasteiger partial charge in [0.1, 0.15) is 5.75 Å². The Balaban J connectivity index is 1.35. The average Bonchev–Trinajstić information content (AvgIpc) is 2.77. The smallest absolute Gasteiger partial charge is 0.323 e. The summed E-state index contributed by atoms with van der Waals surface area (Å²) in [6, 6.07) is 11.4. The monoisotopic (exact) mass is 466 g/mol. The molecule has 4 rings (SSSR count). The summed E-state index contributed by atoms with van der Waals surface area (Å²) >= 11 is 3.30. The highest BCUT2D eigenvalue weighted by molar-refractivity contribution is 9.10. The van der Waals surface area contributed by atoms with Crippen LogP contribution < -0.4 is 10.1 Å². The number of benzene rings is 1. The first-order chi connectivity index (χ1) is 14.7. The minimum atomic E-state index is -0.153. The van der Waals surface area contributed by atoms with E-state index in [0.717, 1.165) is 22.9 Å². The number of likely N-dealkylation sites (tertiary alicyclic amines) is 1. The predicted molar refractivity (Wildman–Crippen MR) is 116 cm³/mol. The molecular weight excluding hydrogens is 448 g/mol. The molecule has 152 valence electrons. The summed E-state index contributed by atoms with van der Waals surface area (Å²) in [5.41, 5.74) is 2.33. The Hall–Kier alpha value is -3.33. The summed E-state index contributed by atoms with van der Waals surface area (Å²) in [6.07, 6.45) is 8.63. The Morgan fingerprint density at radius 3 is 2.67 bits per heavy atom. The summed E-state index contributed by atoms with van der Waals surface area (Å²) in [6.45, 7) is 1.31. The highest BCUT2D eigenvalue weighted by Crippen LogP contribution is 2.24. The van der Waals surface area contributed by atoms with E-state index < -0.39 is 0 Å². The van der Waals surface area contributed by atoms with E-state index in [9.17, 15) is 4.79 Å². The van der Waals surface area contributed by atoms with Crippen LogP contribution in [0.15, 0.2) is 65.0 Å². The number of nitrogens with zero attached hydrogens (tertiary/aromatic N) is 5. The van der Waals surface area contributed by atoms with Crippen molar-refractivity contribution in [2.45, 2.75) is 12.8 Å². The fourth-order valence-electron chi connectivity index (χ4n) is 3.06. The summed E-state index contributed by atoms with van der Waals surface area (Å²) in [4.78, 5) is 22.4. The number of carbonyl (C=O) groups excluding carboxylic acids is 1. The van der Waals surface area contributed by atoms with Crippen molar-refractivity contribution in [2.75, 3.05) is 18.4 Å². The third-order valence-corrected chi connectivity index (χ3v) is 4.94. The molecule has 1 saturated heterocycles. The zero-order valence-electron chi connectivity index (χ0n) is 16.0. The first-order valence-electron chi connectivity index (χ1n) is 9.44. The fourth-order valence-corrected chi connectivity index (χ4v) is 3.27. The normalized spacial score (nSPS) is 13.6. The topological polar surface area (TPSA) is 93.1 Å². The molecule has 0 atom stereocenters. The Bertz CT molecular complexity index is 1030. The van der Waals surface area contributed by atoms with Crippen molar-refractivity contribution in [2.24, 2.45) is 0 Å². The van der Waals surface area contributed by atoms with Crippen molar-refractivity contribution in [3.63, 3.8) is 0 Å². The van der Waals surface area contributed by atoms with Gasteiger partial charge in [0.15, 0.2) is 5.82 Å². The van der Waals surface area contributed by atoms with Crippen molar-refractivity contribution in [3.05, 3.63) is 70.6 Å². The third kappa shape index (κ3) is 5.38. The van der Waals surface area contributed by atoms with Crippen LogP contribution in [-0.4, -0.2) is 44.2 Å². The van der Waals surface area contributed by atoms with E-state index in [-0.39, 0.29) is 6.03 Å². The maximum absolute atomic E-state index is 12.4. The number of amides is 2. The molecule has 0 unspecified atom stereocenters. The summed E-state index contributed by atoms with van der Waals surface area (Å²) < 4.78 is 6.52. The molecule has 9 heteroatoms. The first kappa shape index (κ1) is 20.0. The van der Waals surface area contributed by atoms with Crippen molar-refractivity contribution in [3.8, 4) is 11.8 Å². The standard InChI is InChI=1S/C21H19BrN6O2/c22-17-13-23-20(24-14-17)30-18-4-1-3-16(12-18)11-15-6-9-28(10-7-15)21(29)26-19-5-2-8-25-27-19/h1-5,8,11-14H,6-7,9-10H2,(H,26,27,29).